The number of hydrogen-bond donors (Lipinski definition) is 0. The van der Waals surface area contributed by atoms with Gasteiger partial charge in [0.2, 0.25) is 0 Å². The predicted octanol–water partition coefficient (Wildman–Crippen LogP) is 5.85. The molecular weight excluding hydrogens is 406 g/mol. The summed E-state index contributed by atoms with van der Waals surface area (Å²) in [4.78, 5) is 5.80. The molecule has 2 heterocycles. The minimum atomic E-state index is -2.83. The number of rotatable bonds is 6. The third-order valence-corrected chi connectivity index (χ3v) is 5.88. The summed E-state index contributed by atoms with van der Waals surface area (Å²) < 4.78 is 37.4. The second-order valence-electron chi connectivity index (χ2n) is 7.51. The molecule has 1 fully saturated rings. The molecule has 4 nitrogen and oxygen atoms in total. The van der Waals surface area contributed by atoms with E-state index < -0.39 is 6.61 Å². The SMILES string of the molecule is Cc1cc(C)cc(N=c2scc(-c3ccc(OC(F)F)cc3)n2C[C@@H]2CCCO2)c1. The molecule has 0 saturated carbocycles. The number of hydrogen-bond acceptors (Lipinski definition) is 4. The van der Waals surface area contributed by atoms with Crippen LogP contribution in [0.5, 0.6) is 5.75 Å². The largest absolute Gasteiger partial charge is 0.435 e. The van der Waals surface area contributed by atoms with Crippen LogP contribution in [-0.4, -0.2) is 23.9 Å². The van der Waals surface area contributed by atoms with E-state index in [4.69, 9.17) is 9.73 Å². The minimum Gasteiger partial charge on any atom is -0.435 e. The molecular formula is C23H24F2N2O2S. The van der Waals surface area contributed by atoms with Gasteiger partial charge in [-0.1, -0.05) is 6.07 Å². The zero-order valence-electron chi connectivity index (χ0n) is 17.0. The van der Waals surface area contributed by atoms with Crippen LogP contribution in [0.3, 0.4) is 0 Å². The maximum atomic E-state index is 12.5. The van der Waals surface area contributed by atoms with Gasteiger partial charge < -0.3 is 14.0 Å². The van der Waals surface area contributed by atoms with Crippen molar-refractivity contribution in [3.05, 3.63) is 63.8 Å². The van der Waals surface area contributed by atoms with Gasteiger partial charge in [0.1, 0.15) is 5.75 Å². The Labute approximate surface area is 178 Å². The summed E-state index contributed by atoms with van der Waals surface area (Å²) in [7, 11) is 0. The van der Waals surface area contributed by atoms with E-state index in [2.05, 4.69) is 46.7 Å². The first-order chi connectivity index (χ1) is 14.5. The van der Waals surface area contributed by atoms with Crippen LogP contribution in [-0.2, 0) is 11.3 Å². The summed E-state index contributed by atoms with van der Waals surface area (Å²) in [6.45, 7) is 2.79. The summed E-state index contributed by atoms with van der Waals surface area (Å²) in [5, 5.41) is 2.05. The molecule has 1 aliphatic heterocycles. The number of benzene rings is 2. The maximum Gasteiger partial charge on any atom is 0.387 e. The van der Waals surface area contributed by atoms with Gasteiger partial charge >= 0.3 is 6.61 Å². The molecule has 0 N–H and O–H groups in total. The van der Waals surface area contributed by atoms with Crippen molar-refractivity contribution in [2.24, 2.45) is 4.99 Å². The van der Waals surface area contributed by atoms with E-state index in [0.29, 0.717) is 6.54 Å². The van der Waals surface area contributed by atoms with Crippen molar-refractivity contribution < 1.29 is 18.3 Å². The third kappa shape index (κ3) is 4.96. The van der Waals surface area contributed by atoms with Crippen LogP contribution in [0.1, 0.15) is 24.0 Å². The lowest BCUT2D eigenvalue weighted by molar-refractivity contribution is -0.0498. The molecule has 2 aromatic carbocycles. The Kier molecular flexibility index (Phi) is 6.29. The summed E-state index contributed by atoms with van der Waals surface area (Å²) in [6, 6.07) is 13.0. The quantitative estimate of drug-likeness (QED) is 0.492. The Morgan fingerprint density at radius 1 is 1.17 bits per heavy atom. The summed E-state index contributed by atoms with van der Waals surface area (Å²) in [5.41, 5.74) is 5.18. The van der Waals surface area contributed by atoms with E-state index in [0.717, 1.165) is 41.2 Å². The standard InChI is InChI=1S/C23H24F2N2O2S/c1-15-10-16(2)12-18(11-15)26-23-27(13-20-4-3-9-28-20)21(14-30-23)17-5-7-19(8-6-17)29-22(24)25/h5-8,10-12,14,20,22H,3-4,9,13H2,1-2H3/t20-/m0/s1. The fourth-order valence-corrected chi connectivity index (χ4v) is 4.69. The average molecular weight is 431 g/mol. The Hall–Kier alpha value is -2.51. The molecule has 0 amide bonds. The number of aryl methyl sites for hydroxylation is 2. The van der Waals surface area contributed by atoms with Crippen molar-refractivity contribution in [2.75, 3.05) is 6.61 Å². The normalized spacial score (nSPS) is 17.1. The summed E-state index contributed by atoms with van der Waals surface area (Å²) in [5.74, 6) is 0.148. The molecule has 7 heteroatoms. The molecule has 0 radical (unpaired) electrons. The van der Waals surface area contributed by atoms with E-state index in [1.807, 2.05) is 0 Å². The number of halogens is 2. The monoisotopic (exact) mass is 430 g/mol. The Morgan fingerprint density at radius 2 is 1.90 bits per heavy atom. The lowest BCUT2D eigenvalue weighted by Crippen LogP contribution is -2.24. The fraction of sp³-hybridized carbons (Fsp3) is 0.348. The highest BCUT2D eigenvalue weighted by Gasteiger charge is 2.19. The van der Waals surface area contributed by atoms with Crippen molar-refractivity contribution in [1.82, 2.24) is 4.57 Å². The molecule has 1 saturated heterocycles. The highest BCUT2D eigenvalue weighted by molar-refractivity contribution is 7.07. The van der Waals surface area contributed by atoms with Gasteiger partial charge in [-0.15, -0.1) is 11.3 Å². The third-order valence-electron chi connectivity index (χ3n) is 5.01. The smallest absolute Gasteiger partial charge is 0.387 e. The van der Waals surface area contributed by atoms with E-state index in [9.17, 15) is 8.78 Å². The van der Waals surface area contributed by atoms with E-state index in [1.54, 1.807) is 35.6 Å². The first-order valence-electron chi connectivity index (χ1n) is 9.96. The topological polar surface area (TPSA) is 35.8 Å². The Balaban J connectivity index is 1.74. The maximum absolute atomic E-state index is 12.5. The highest BCUT2D eigenvalue weighted by Crippen LogP contribution is 2.26. The number of alkyl halides is 2. The zero-order valence-corrected chi connectivity index (χ0v) is 17.8. The lowest BCUT2D eigenvalue weighted by atomic mass is 10.1. The minimum absolute atomic E-state index is 0.148. The van der Waals surface area contributed by atoms with E-state index >= 15 is 0 Å². The van der Waals surface area contributed by atoms with Crippen LogP contribution in [0.2, 0.25) is 0 Å². The van der Waals surface area contributed by atoms with Crippen molar-refractivity contribution in [2.45, 2.75) is 45.9 Å². The van der Waals surface area contributed by atoms with Crippen molar-refractivity contribution in [1.29, 1.82) is 0 Å². The van der Waals surface area contributed by atoms with E-state index in [-0.39, 0.29) is 11.9 Å². The van der Waals surface area contributed by atoms with Gasteiger partial charge in [0.05, 0.1) is 24.0 Å². The van der Waals surface area contributed by atoms with Gasteiger partial charge in [-0.05, 0) is 79.8 Å². The molecule has 158 valence electrons. The van der Waals surface area contributed by atoms with E-state index in [1.165, 1.54) is 11.1 Å². The molecule has 30 heavy (non-hydrogen) atoms. The van der Waals surface area contributed by atoms with Crippen LogP contribution >= 0.6 is 11.3 Å². The molecule has 0 spiro atoms. The highest BCUT2D eigenvalue weighted by atomic mass is 32.1. The lowest BCUT2D eigenvalue weighted by Gasteiger charge is -2.14. The van der Waals surface area contributed by atoms with Gasteiger partial charge in [-0.2, -0.15) is 8.78 Å². The average Bonchev–Trinajstić information content (AvgIpc) is 3.32. The van der Waals surface area contributed by atoms with Crippen LogP contribution < -0.4 is 9.54 Å². The van der Waals surface area contributed by atoms with Crippen LogP contribution in [0, 0.1) is 13.8 Å². The Morgan fingerprint density at radius 3 is 2.53 bits per heavy atom. The second-order valence-corrected chi connectivity index (χ2v) is 8.35. The Bertz CT molecular complexity index is 1050. The first kappa shape index (κ1) is 20.8. The van der Waals surface area contributed by atoms with Crippen molar-refractivity contribution >= 4 is 17.0 Å². The molecule has 0 aliphatic carbocycles. The van der Waals surface area contributed by atoms with Gasteiger partial charge in [-0.3, -0.25) is 0 Å². The fourth-order valence-electron chi connectivity index (χ4n) is 3.75. The molecule has 0 unspecified atom stereocenters. The van der Waals surface area contributed by atoms with Crippen molar-refractivity contribution in [3.63, 3.8) is 0 Å². The molecule has 0 bridgehead atoms. The second kappa shape index (κ2) is 9.10. The van der Waals surface area contributed by atoms with Gasteiger partial charge in [-0.25, -0.2) is 4.99 Å². The zero-order chi connectivity index (χ0) is 21.1. The predicted molar refractivity (Wildman–Crippen MR) is 114 cm³/mol. The molecule has 1 aromatic heterocycles. The molecule has 4 rings (SSSR count). The first-order valence-corrected chi connectivity index (χ1v) is 10.8. The summed E-state index contributed by atoms with van der Waals surface area (Å²) in [6.07, 6.45) is 2.23. The van der Waals surface area contributed by atoms with Gasteiger partial charge in [0.25, 0.3) is 0 Å². The number of nitrogens with zero attached hydrogens (tertiary/aromatic N) is 2. The number of ether oxygens (including phenoxy) is 2. The number of aromatic nitrogens is 1. The van der Waals surface area contributed by atoms with Crippen molar-refractivity contribution in [3.8, 4) is 17.0 Å². The molecule has 3 aromatic rings. The summed E-state index contributed by atoms with van der Waals surface area (Å²) >= 11 is 1.57. The van der Waals surface area contributed by atoms with Gasteiger partial charge in [0, 0.05) is 12.0 Å². The molecule has 1 aliphatic rings. The number of thiazole rings is 1. The van der Waals surface area contributed by atoms with Gasteiger partial charge in [0.15, 0.2) is 4.80 Å². The molecule has 1 atom stereocenters. The van der Waals surface area contributed by atoms with Crippen LogP contribution in [0.15, 0.2) is 52.8 Å². The van der Waals surface area contributed by atoms with Crippen LogP contribution in [0.4, 0.5) is 14.5 Å². The van der Waals surface area contributed by atoms with Crippen LogP contribution in [0.25, 0.3) is 11.3 Å².